The highest BCUT2D eigenvalue weighted by Gasteiger charge is 2.38. The molecule has 0 radical (unpaired) electrons. The van der Waals surface area contributed by atoms with Crippen LogP contribution in [0.2, 0.25) is 0 Å². The highest BCUT2D eigenvalue weighted by molar-refractivity contribution is 5.89. The highest BCUT2D eigenvalue weighted by atomic mass is 16.2. The van der Waals surface area contributed by atoms with Crippen LogP contribution in [-0.4, -0.2) is 86.4 Å². The van der Waals surface area contributed by atoms with Crippen LogP contribution in [0.3, 0.4) is 0 Å². The molecule has 0 bridgehead atoms. The van der Waals surface area contributed by atoms with Gasteiger partial charge in [0.2, 0.25) is 11.8 Å². The summed E-state index contributed by atoms with van der Waals surface area (Å²) in [4.78, 5) is 30.9. The summed E-state index contributed by atoms with van der Waals surface area (Å²) in [6.45, 7) is 6.13. The molecule has 130 valence electrons. The van der Waals surface area contributed by atoms with Crippen molar-refractivity contribution in [2.45, 2.75) is 19.3 Å². The lowest BCUT2D eigenvalue weighted by Gasteiger charge is -2.24. The fourth-order valence-electron chi connectivity index (χ4n) is 4.17. The van der Waals surface area contributed by atoms with Crippen LogP contribution in [0.25, 0.3) is 0 Å². The molecule has 0 spiro atoms. The monoisotopic (exact) mass is 322 g/mol. The Labute approximate surface area is 139 Å². The summed E-state index contributed by atoms with van der Waals surface area (Å²) in [7, 11) is 4.01. The minimum absolute atomic E-state index is 0.124. The largest absolute Gasteiger partial charge is 0.342 e. The first-order chi connectivity index (χ1) is 11.0. The van der Waals surface area contributed by atoms with E-state index in [1.54, 1.807) is 0 Å². The number of hydrogen-bond donors (Lipinski definition) is 1. The Morgan fingerprint density at radius 1 is 1.22 bits per heavy atom. The molecule has 3 rings (SSSR count). The molecule has 3 heterocycles. The maximum atomic E-state index is 12.8. The van der Waals surface area contributed by atoms with Gasteiger partial charge in [0.25, 0.3) is 0 Å². The van der Waals surface area contributed by atoms with Gasteiger partial charge in [0.1, 0.15) is 0 Å². The third-order valence-corrected chi connectivity index (χ3v) is 5.71. The maximum Gasteiger partial charge on any atom is 0.227 e. The molecule has 3 aliphatic rings. The molecule has 2 amide bonds. The SMILES string of the molecule is CN(C)CCN1CC(C(=O)N2CC[C@@H]3CNC[C@@H]3CC2)CC1=O. The molecule has 3 aliphatic heterocycles. The standard InChI is InChI=1S/C17H30N4O2/c1-19(2)7-8-21-12-15(9-16(21)22)17(23)20-5-3-13-10-18-11-14(13)4-6-20/h13-15,18H,3-12H2,1-2H3/t13-,14+,15?. The van der Waals surface area contributed by atoms with Crippen LogP contribution in [0.1, 0.15) is 19.3 Å². The van der Waals surface area contributed by atoms with E-state index in [0.717, 1.165) is 63.9 Å². The number of carbonyl (C=O) groups is 2. The van der Waals surface area contributed by atoms with Gasteiger partial charge in [-0.1, -0.05) is 0 Å². The Hall–Kier alpha value is -1.14. The van der Waals surface area contributed by atoms with Gasteiger partial charge in [-0.2, -0.15) is 0 Å². The molecule has 6 nitrogen and oxygen atoms in total. The number of hydrogen-bond acceptors (Lipinski definition) is 4. The number of likely N-dealkylation sites (N-methyl/N-ethyl adjacent to an activating group) is 1. The lowest BCUT2D eigenvalue weighted by molar-refractivity contribution is -0.135. The lowest BCUT2D eigenvalue weighted by Crippen LogP contribution is -2.39. The van der Waals surface area contributed by atoms with Gasteiger partial charge in [0.15, 0.2) is 0 Å². The number of nitrogens with one attached hydrogen (secondary N) is 1. The third kappa shape index (κ3) is 3.86. The molecule has 23 heavy (non-hydrogen) atoms. The fourth-order valence-corrected chi connectivity index (χ4v) is 4.17. The number of amides is 2. The van der Waals surface area contributed by atoms with Gasteiger partial charge >= 0.3 is 0 Å². The summed E-state index contributed by atoms with van der Waals surface area (Å²) < 4.78 is 0. The summed E-state index contributed by atoms with van der Waals surface area (Å²) in [5.74, 6) is 1.68. The molecule has 1 N–H and O–H groups in total. The average Bonchev–Trinajstić information content (AvgIpc) is 3.06. The van der Waals surface area contributed by atoms with E-state index in [-0.39, 0.29) is 17.7 Å². The smallest absolute Gasteiger partial charge is 0.227 e. The normalized spacial score (nSPS) is 31.6. The predicted molar refractivity (Wildman–Crippen MR) is 88.9 cm³/mol. The molecular formula is C17H30N4O2. The second kappa shape index (κ2) is 7.18. The second-order valence-corrected chi connectivity index (χ2v) is 7.63. The fraction of sp³-hybridized carbons (Fsp3) is 0.882. The van der Waals surface area contributed by atoms with Crippen LogP contribution >= 0.6 is 0 Å². The lowest BCUT2D eigenvalue weighted by atomic mass is 9.92. The van der Waals surface area contributed by atoms with E-state index in [9.17, 15) is 9.59 Å². The van der Waals surface area contributed by atoms with Crippen molar-refractivity contribution >= 4 is 11.8 Å². The molecule has 0 saturated carbocycles. The van der Waals surface area contributed by atoms with Crippen molar-refractivity contribution in [3.8, 4) is 0 Å². The van der Waals surface area contributed by atoms with Crippen molar-refractivity contribution in [2.24, 2.45) is 17.8 Å². The van der Waals surface area contributed by atoms with Crippen molar-refractivity contribution in [3.63, 3.8) is 0 Å². The first kappa shape index (κ1) is 16.7. The Balaban J connectivity index is 1.53. The van der Waals surface area contributed by atoms with Crippen molar-refractivity contribution in [2.75, 3.05) is 59.9 Å². The molecule has 1 unspecified atom stereocenters. The summed E-state index contributed by atoms with van der Waals surface area (Å²) in [6.07, 6.45) is 2.61. The van der Waals surface area contributed by atoms with E-state index >= 15 is 0 Å². The average molecular weight is 322 g/mol. The van der Waals surface area contributed by atoms with Gasteiger partial charge in [-0.15, -0.1) is 0 Å². The van der Waals surface area contributed by atoms with Crippen molar-refractivity contribution in [1.29, 1.82) is 0 Å². The minimum Gasteiger partial charge on any atom is -0.342 e. The molecule has 0 aliphatic carbocycles. The molecule has 0 aromatic carbocycles. The number of carbonyl (C=O) groups excluding carboxylic acids is 2. The van der Waals surface area contributed by atoms with Gasteiger partial charge in [0.05, 0.1) is 5.92 Å². The molecule has 3 fully saturated rings. The molecule has 0 aromatic heterocycles. The van der Waals surface area contributed by atoms with E-state index < -0.39 is 0 Å². The molecule has 6 heteroatoms. The Morgan fingerprint density at radius 3 is 2.48 bits per heavy atom. The second-order valence-electron chi connectivity index (χ2n) is 7.63. The predicted octanol–water partition coefficient (Wildman–Crippen LogP) is -0.145. The first-order valence-electron chi connectivity index (χ1n) is 8.96. The summed E-state index contributed by atoms with van der Waals surface area (Å²) in [6, 6.07) is 0. The number of rotatable bonds is 4. The van der Waals surface area contributed by atoms with Crippen LogP contribution in [0.5, 0.6) is 0 Å². The highest BCUT2D eigenvalue weighted by Crippen LogP contribution is 2.29. The quantitative estimate of drug-likeness (QED) is 0.782. The van der Waals surface area contributed by atoms with Gasteiger partial charge < -0.3 is 20.0 Å². The number of fused-ring (bicyclic) bond motifs is 1. The zero-order chi connectivity index (χ0) is 16.4. The van der Waals surface area contributed by atoms with Gasteiger partial charge in [-0.3, -0.25) is 9.59 Å². The van der Waals surface area contributed by atoms with Crippen LogP contribution in [0.4, 0.5) is 0 Å². The van der Waals surface area contributed by atoms with Gasteiger partial charge in [-0.25, -0.2) is 0 Å². The van der Waals surface area contributed by atoms with E-state index in [1.807, 2.05) is 23.9 Å². The maximum absolute atomic E-state index is 12.8. The summed E-state index contributed by atoms with van der Waals surface area (Å²) in [5.41, 5.74) is 0. The van der Waals surface area contributed by atoms with Gasteiger partial charge in [0, 0.05) is 39.1 Å². The Morgan fingerprint density at radius 2 is 1.87 bits per heavy atom. The number of nitrogens with zero attached hydrogens (tertiary/aromatic N) is 3. The van der Waals surface area contributed by atoms with Crippen molar-refractivity contribution < 1.29 is 9.59 Å². The van der Waals surface area contributed by atoms with Gasteiger partial charge in [-0.05, 0) is 51.9 Å². The Bertz CT molecular complexity index is 440. The van der Waals surface area contributed by atoms with Crippen molar-refractivity contribution in [1.82, 2.24) is 20.0 Å². The minimum atomic E-state index is -0.124. The van der Waals surface area contributed by atoms with Crippen molar-refractivity contribution in [3.05, 3.63) is 0 Å². The van der Waals surface area contributed by atoms with Crippen LogP contribution in [-0.2, 0) is 9.59 Å². The van der Waals surface area contributed by atoms with Crippen LogP contribution < -0.4 is 5.32 Å². The summed E-state index contributed by atoms with van der Waals surface area (Å²) in [5, 5.41) is 3.47. The van der Waals surface area contributed by atoms with Crippen LogP contribution in [0, 0.1) is 17.8 Å². The number of likely N-dealkylation sites (tertiary alicyclic amines) is 2. The molecular weight excluding hydrogens is 292 g/mol. The molecule has 3 atom stereocenters. The third-order valence-electron chi connectivity index (χ3n) is 5.71. The van der Waals surface area contributed by atoms with E-state index in [1.165, 1.54) is 0 Å². The van der Waals surface area contributed by atoms with E-state index in [2.05, 4.69) is 10.2 Å². The zero-order valence-electron chi connectivity index (χ0n) is 14.5. The van der Waals surface area contributed by atoms with E-state index in [4.69, 9.17) is 0 Å². The summed E-state index contributed by atoms with van der Waals surface area (Å²) >= 11 is 0. The topological polar surface area (TPSA) is 55.9 Å². The zero-order valence-corrected chi connectivity index (χ0v) is 14.5. The Kier molecular flexibility index (Phi) is 5.21. The molecule has 3 saturated heterocycles. The first-order valence-corrected chi connectivity index (χ1v) is 8.96. The molecule has 0 aromatic rings. The van der Waals surface area contributed by atoms with Crippen LogP contribution in [0.15, 0.2) is 0 Å². The van der Waals surface area contributed by atoms with E-state index in [0.29, 0.717) is 13.0 Å².